The predicted octanol–water partition coefficient (Wildman–Crippen LogP) is 3.90. The number of hydrogen-bond acceptors (Lipinski definition) is 2. The second-order valence-electron chi connectivity index (χ2n) is 4.23. The lowest BCUT2D eigenvalue weighted by molar-refractivity contribution is 0.133. The Kier molecular flexibility index (Phi) is 12.8. The summed E-state index contributed by atoms with van der Waals surface area (Å²) in [5.74, 6) is 0. The first-order valence-corrected chi connectivity index (χ1v) is 7.63. The lowest BCUT2D eigenvalue weighted by Gasteiger charge is -2.22. The van der Waals surface area contributed by atoms with E-state index < -0.39 is 0 Å². The average Bonchev–Trinajstić information content (AvgIpc) is 2.31. The maximum atomic E-state index is 5.34. The van der Waals surface area contributed by atoms with Crippen LogP contribution in [0.3, 0.4) is 0 Å². The number of nitrogens with zero attached hydrogens (tertiary/aromatic N) is 1. The molecule has 0 radical (unpaired) electrons. The molecule has 17 heavy (non-hydrogen) atoms. The summed E-state index contributed by atoms with van der Waals surface area (Å²) in [6, 6.07) is 0. The first kappa shape index (κ1) is 17.2. The molecule has 0 bridgehead atoms. The Morgan fingerprint density at radius 2 is 1.71 bits per heavy atom. The molecule has 0 heterocycles. The predicted molar refractivity (Wildman–Crippen MR) is 83.0 cm³/mol. The zero-order valence-electron chi connectivity index (χ0n) is 11.3. The highest BCUT2D eigenvalue weighted by atomic mass is 32.1. The maximum Gasteiger partial charge on any atom is 0.133 e. The van der Waals surface area contributed by atoms with Crippen molar-refractivity contribution < 1.29 is 4.74 Å². The topological polar surface area (TPSA) is 12.5 Å². The van der Waals surface area contributed by atoms with Crippen LogP contribution in [0.25, 0.3) is 0 Å². The van der Waals surface area contributed by atoms with E-state index in [9.17, 15) is 0 Å². The summed E-state index contributed by atoms with van der Waals surface area (Å²) < 4.78 is 6.03. The minimum atomic E-state index is 0.693. The highest BCUT2D eigenvalue weighted by Gasteiger charge is 2.05. The summed E-state index contributed by atoms with van der Waals surface area (Å²) >= 11 is 9.38. The zero-order valence-corrected chi connectivity index (χ0v) is 13.0. The number of rotatable bonds is 11. The van der Waals surface area contributed by atoms with Crippen molar-refractivity contribution in [3.8, 4) is 0 Å². The van der Waals surface area contributed by atoms with E-state index in [1.165, 1.54) is 38.5 Å². The highest BCUT2D eigenvalue weighted by molar-refractivity contribution is 8.10. The van der Waals surface area contributed by atoms with Crippen molar-refractivity contribution in [1.29, 1.82) is 0 Å². The summed E-state index contributed by atoms with van der Waals surface area (Å²) in [4.78, 5) is 2.13. The molecule has 0 saturated heterocycles. The number of ether oxygens (including phenoxy) is 1. The Balaban J connectivity index is 3.52. The second kappa shape index (κ2) is 12.7. The Bertz CT molecular complexity index is 188. The SMILES string of the molecule is CCCCCCCCN(CCOCC)C(=S)S. The minimum Gasteiger partial charge on any atom is -0.380 e. The van der Waals surface area contributed by atoms with E-state index in [1.54, 1.807) is 0 Å². The molecule has 0 fully saturated rings. The summed E-state index contributed by atoms with van der Waals surface area (Å²) in [6.07, 6.45) is 7.87. The highest BCUT2D eigenvalue weighted by Crippen LogP contribution is 2.07. The van der Waals surface area contributed by atoms with Gasteiger partial charge < -0.3 is 9.64 Å². The van der Waals surface area contributed by atoms with Crippen molar-refractivity contribution in [3.63, 3.8) is 0 Å². The molecule has 102 valence electrons. The minimum absolute atomic E-state index is 0.693. The fraction of sp³-hybridized carbons (Fsp3) is 0.923. The van der Waals surface area contributed by atoms with Gasteiger partial charge in [0.25, 0.3) is 0 Å². The van der Waals surface area contributed by atoms with Gasteiger partial charge in [0.2, 0.25) is 0 Å². The third kappa shape index (κ3) is 11.0. The van der Waals surface area contributed by atoms with Crippen molar-refractivity contribution >= 4 is 29.2 Å². The van der Waals surface area contributed by atoms with Crippen molar-refractivity contribution in [3.05, 3.63) is 0 Å². The van der Waals surface area contributed by atoms with Crippen LogP contribution in [0.5, 0.6) is 0 Å². The van der Waals surface area contributed by atoms with Gasteiger partial charge in [-0.1, -0.05) is 51.2 Å². The van der Waals surface area contributed by atoms with Gasteiger partial charge in [-0.2, -0.15) is 0 Å². The molecule has 0 aliphatic carbocycles. The largest absolute Gasteiger partial charge is 0.380 e. The molecule has 0 rings (SSSR count). The van der Waals surface area contributed by atoms with Crippen molar-refractivity contribution in [2.45, 2.75) is 52.4 Å². The van der Waals surface area contributed by atoms with Crippen LogP contribution in [0.2, 0.25) is 0 Å². The smallest absolute Gasteiger partial charge is 0.133 e. The van der Waals surface area contributed by atoms with E-state index in [2.05, 4.69) is 24.5 Å². The second-order valence-corrected chi connectivity index (χ2v) is 5.35. The molecule has 0 aromatic rings. The lowest BCUT2D eigenvalue weighted by atomic mass is 10.1. The van der Waals surface area contributed by atoms with E-state index in [4.69, 9.17) is 17.0 Å². The van der Waals surface area contributed by atoms with Gasteiger partial charge in [-0.15, -0.1) is 12.6 Å². The molecule has 4 heteroatoms. The van der Waals surface area contributed by atoms with Gasteiger partial charge >= 0.3 is 0 Å². The monoisotopic (exact) mass is 277 g/mol. The van der Waals surface area contributed by atoms with E-state index >= 15 is 0 Å². The molecule has 0 aromatic heterocycles. The number of thiocarbonyl (C=S) groups is 1. The Morgan fingerprint density at radius 3 is 2.29 bits per heavy atom. The normalized spacial score (nSPS) is 10.5. The van der Waals surface area contributed by atoms with Gasteiger partial charge in [-0.25, -0.2) is 0 Å². The molecule has 0 atom stereocenters. The van der Waals surface area contributed by atoms with E-state index in [-0.39, 0.29) is 0 Å². The fourth-order valence-electron chi connectivity index (χ4n) is 1.71. The van der Waals surface area contributed by atoms with E-state index in [0.29, 0.717) is 4.32 Å². The molecule has 2 nitrogen and oxygen atoms in total. The van der Waals surface area contributed by atoms with Crippen molar-refractivity contribution in [2.24, 2.45) is 0 Å². The Hall–Kier alpha value is 0.200. The molecular formula is C13H27NOS2. The maximum absolute atomic E-state index is 5.34. The Morgan fingerprint density at radius 1 is 1.06 bits per heavy atom. The van der Waals surface area contributed by atoms with Crippen molar-refractivity contribution in [1.82, 2.24) is 4.90 Å². The third-order valence-corrected chi connectivity index (χ3v) is 3.30. The van der Waals surface area contributed by atoms with Gasteiger partial charge in [-0.3, -0.25) is 0 Å². The van der Waals surface area contributed by atoms with Gasteiger partial charge in [0.05, 0.1) is 6.61 Å². The standard InChI is InChI=1S/C13H27NOS2/c1-3-5-6-7-8-9-10-14(13(16)17)11-12-15-4-2/h3-12H2,1-2H3,(H,16,17). The fourth-order valence-corrected chi connectivity index (χ4v) is 2.09. The summed E-state index contributed by atoms with van der Waals surface area (Å²) in [7, 11) is 0. The summed E-state index contributed by atoms with van der Waals surface area (Å²) in [6.45, 7) is 7.65. The Labute approximate surface area is 118 Å². The first-order valence-electron chi connectivity index (χ1n) is 6.78. The number of hydrogen-bond donors (Lipinski definition) is 1. The van der Waals surface area contributed by atoms with Crippen molar-refractivity contribution in [2.75, 3.05) is 26.3 Å². The van der Waals surface area contributed by atoms with Crippen LogP contribution >= 0.6 is 24.8 Å². The summed E-state index contributed by atoms with van der Waals surface area (Å²) in [5.41, 5.74) is 0. The average molecular weight is 277 g/mol. The molecule has 0 N–H and O–H groups in total. The molecule has 0 aliphatic rings. The first-order chi connectivity index (χ1) is 8.22. The van der Waals surface area contributed by atoms with E-state index in [1.807, 2.05) is 6.92 Å². The molecular weight excluding hydrogens is 250 g/mol. The van der Waals surface area contributed by atoms with Gasteiger partial charge in [0.15, 0.2) is 0 Å². The van der Waals surface area contributed by atoms with Crippen LogP contribution < -0.4 is 0 Å². The van der Waals surface area contributed by atoms with Crippen LogP contribution in [0.15, 0.2) is 0 Å². The van der Waals surface area contributed by atoms with Gasteiger partial charge in [0.1, 0.15) is 4.32 Å². The molecule has 0 saturated carbocycles. The third-order valence-electron chi connectivity index (χ3n) is 2.76. The quantitative estimate of drug-likeness (QED) is 0.349. The molecule has 0 spiro atoms. The van der Waals surface area contributed by atoms with Crippen LogP contribution in [-0.2, 0) is 4.74 Å². The number of unbranched alkanes of at least 4 members (excludes halogenated alkanes) is 5. The van der Waals surface area contributed by atoms with Crippen LogP contribution in [0.4, 0.5) is 0 Å². The zero-order chi connectivity index (χ0) is 12.9. The van der Waals surface area contributed by atoms with Crippen LogP contribution in [0, 0.1) is 0 Å². The number of thiol groups is 1. The summed E-state index contributed by atoms with van der Waals surface area (Å²) in [5, 5.41) is 0. The van der Waals surface area contributed by atoms with Gasteiger partial charge in [-0.05, 0) is 13.3 Å². The van der Waals surface area contributed by atoms with Crippen LogP contribution in [0.1, 0.15) is 52.4 Å². The molecule has 0 aromatic carbocycles. The molecule has 0 aliphatic heterocycles. The van der Waals surface area contributed by atoms with Crippen LogP contribution in [-0.4, -0.2) is 35.5 Å². The van der Waals surface area contributed by atoms with Gasteiger partial charge in [0, 0.05) is 19.7 Å². The van der Waals surface area contributed by atoms with E-state index in [0.717, 1.165) is 26.3 Å². The molecule has 0 unspecified atom stereocenters. The molecule has 0 amide bonds. The lowest BCUT2D eigenvalue weighted by Crippen LogP contribution is -2.30.